The van der Waals surface area contributed by atoms with Gasteiger partial charge in [0.05, 0.1) is 6.04 Å². The van der Waals surface area contributed by atoms with Gasteiger partial charge >= 0.3 is 0 Å². The Balaban J connectivity index is 2.30. The molecule has 1 heterocycles. The van der Waals surface area contributed by atoms with E-state index in [2.05, 4.69) is 25.7 Å². The monoisotopic (exact) mass is 331 g/mol. The first-order valence-corrected chi connectivity index (χ1v) is 9.13. The van der Waals surface area contributed by atoms with Gasteiger partial charge in [-0.15, -0.1) is 0 Å². The normalized spacial score (nSPS) is 20.6. The van der Waals surface area contributed by atoms with E-state index in [1.54, 1.807) is 0 Å². The van der Waals surface area contributed by atoms with Crippen molar-refractivity contribution in [2.24, 2.45) is 10.8 Å². The van der Waals surface area contributed by atoms with Gasteiger partial charge in [0.2, 0.25) is 5.91 Å². The molecule has 1 fully saturated rings. The first-order valence-electron chi connectivity index (χ1n) is 9.13. The summed E-state index contributed by atoms with van der Waals surface area (Å²) in [6.07, 6.45) is 3.23. The van der Waals surface area contributed by atoms with Crippen molar-refractivity contribution in [1.82, 2.24) is 4.90 Å². The summed E-state index contributed by atoms with van der Waals surface area (Å²) >= 11 is 0. The molecular weight excluding hydrogens is 298 g/mol. The van der Waals surface area contributed by atoms with Crippen LogP contribution in [0.1, 0.15) is 60.8 Å². The second-order valence-corrected chi connectivity index (χ2v) is 9.03. The molecule has 2 atom stereocenters. The molecule has 1 saturated heterocycles. The highest BCUT2D eigenvalue weighted by Crippen LogP contribution is 2.35. The van der Waals surface area contributed by atoms with Gasteiger partial charge in [0, 0.05) is 17.4 Å². The number of piperidine rings is 1. The summed E-state index contributed by atoms with van der Waals surface area (Å²) in [5, 5.41) is 0. The molecular formula is C21H33NO2. The van der Waals surface area contributed by atoms with Gasteiger partial charge in [-0.3, -0.25) is 4.79 Å². The molecule has 0 N–H and O–H groups in total. The van der Waals surface area contributed by atoms with Crippen LogP contribution in [-0.2, 0) is 4.79 Å². The number of ether oxygens (including phenoxy) is 1. The van der Waals surface area contributed by atoms with Crippen LogP contribution in [0.15, 0.2) is 30.3 Å². The quantitative estimate of drug-likeness (QED) is 0.788. The molecule has 3 heteroatoms. The highest BCUT2D eigenvalue weighted by molar-refractivity contribution is 5.82. The van der Waals surface area contributed by atoms with Crippen LogP contribution in [0.5, 0.6) is 5.75 Å². The van der Waals surface area contributed by atoms with Crippen molar-refractivity contribution in [2.45, 2.75) is 73.0 Å². The van der Waals surface area contributed by atoms with E-state index in [0.29, 0.717) is 0 Å². The second-order valence-electron chi connectivity index (χ2n) is 9.03. The molecule has 1 aliphatic heterocycles. The summed E-state index contributed by atoms with van der Waals surface area (Å²) in [6.45, 7) is 13.5. The number of hydrogen-bond donors (Lipinski definition) is 0. The predicted octanol–water partition coefficient (Wildman–Crippen LogP) is 4.91. The fraction of sp³-hybridized carbons (Fsp3) is 0.667. The number of nitrogens with zero attached hydrogens (tertiary/aromatic N) is 1. The molecule has 2 unspecified atom stereocenters. The Labute approximate surface area is 147 Å². The van der Waals surface area contributed by atoms with Crippen molar-refractivity contribution >= 4 is 5.91 Å². The SMILES string of the molecule is CC(C)(C)C(=O)N1CCCCC1C(Oc1ccccc1)C(C)(C)C. The van der Waals surface area contributed by atoms with Crippen molar-refractivity contribution in [3.8, 4) is 5.75 Å². The molecule has 3 nitrogen and oxygen atoms in total. The largest absolute Gasteiger partial charge is 0.488 e. The van der Waals surface area contributed by atoms with Gasteiger partial charge in [-0.05, 0) is 31.4 Å². The van der Waals surface area contributed by atoms with Crippen molar-refractivity contribution in [3.05, 3.63) is 30.3 Å². The lowest BCUT2D eigenvalue weighted by Crippen LogP contribution is -2.57. The molecule has 1 amide bonds. The maximum absolute atomic E-state index is 13.0. The minimum Gasteiger partial charge on any atom is -0.488 e. The van der Waals surface area contributed by atoms with Crippen LogP contribution in [0.4, 0.5) is 0 Å². The molecule has 2 rings (SSSR count). The van der Waals surface area contributed by atoms with Gasteiger partial charge in [-0.25, -0.2) is 0 Å². The van der Waals surface area contributed by atoms with Crippen LogP contribution in [-0.4, -0.2) is 29.5 Å². The van der Waals surface area contributed by atoms with E-state index in [1.807, 2.05) is 51.1 Å². The lowest BCUT2D eigenvalue weighted by atomic mass is 9.79. The van der Waals surface area contributed by atoms with Crippen LogP contribution in [0.3, 0.4) is 0 Å². The van der Waals surface area contributed by atoms with Gasteiger partial charge in [0.25, 0.3) is 0 Å². The number of para-hydroxylation sites is 1. The van der Waals surface area contributed by atoms with Gasteiger partial charge in [-0.1, -0.05) is 59.7 Å². The fourth-order valence-corrected chi connectivity index (χ4v) is 3.43. The zero-order valence-corrected chi connectivity index (χ0v) is 16.1. The third-order valence-corrected chi connectivity index (χ3v) is 4.66. The minimum absolute atomic E-state index is 0.0218. The lowest BCUT2D eigenvalue weighted by molar-refractivity contribution is -0.148. The van der Waals surface area contributed by atoms with Crippen molar-refractivity contribution in [3.63, 3.8) is 0 Å². The molecule has 134 valence electrons. The van der Waals surface area contributed by atoms with E-state index in [9.17, 15) is 4.79 Å². The van der Waals surface area contributed by atoms with E-state index in [4.69, 9.17) is 4.74 Å². The number of amides is 1. The third kappa shape index (κ3) is 4.52. The number of carbonyl (C=O) groups is 1. The Morgan fingerprint density at radius 1 is 1.08 bits per heavy atom. The van der Waals surface area contributed by atoms with Crippen molar-refractivity contribution < 1.29 is 9.53 Å². The first-order chi connectivity index (χ1) is 11.1. The smallest absolute Gasteiger partial charge is 0.228 e. The van der Waals surface area contributed by atoms with Crippen molar-refractivity contribution in [1.29, 1.82) is 0 Å². The summed E-state index contributed by atoms with van der Waals surface area (Å²) in [6, 6.07) is 10.1. The van der Waals surface area contributed by atoms with Gasteiger partial charge in [0.15, 0.2) is 0 Å². The average Bonchev–Trinajstić information content (AvgIpc) is 2.51. The van der Waals surface area contributed by atoms with Crippen molar-refractivity contribution in [2.75, 3.05) is 6.54 Å². The molecule has 0 aromatic heterocycles. The Kier molecular flexibility index (Phi) is 5.62. The Bertz CT molecular complexity index is 539. The molecule has 1 aromatic carbocycles. The Morgan fingerprint density at radius 3 is 2.25 bits per heavy atom. The molecule has 0 aliphatic carbocycles. The van der Waals surface area contributed by atoms with Crippen LogP contribution in [0.25, 0.3) is 0 Å². The highest BCUT2D eigenvalue weighted by atomic mass is 16.5. The zero-order valence-electron chi connectivity index (χ0n) is 16.1. The van der Waals surface area contributed by atoms with Crippen LogP contribution >= 0.6 is 0 Å². The summed E-state index contributed by atoms with van der Waals surface area (Å²) < 4.78 is 6.42. The first kappa shape index (κ1) is 18.8. The molecule has 1 aromatic rings. The average molecular weight is 332 g/mol. The lowest BCUT2D eigenvalue weighted by Gasteiger charge is -2.46. The van der Waals surface area contributed by atoms with Crippen LogP contribution in [0.2, 0.25) is 0 Å². The van der Waals surface area contributed by atoms with Crippen LogP contribution in [0, 0.1) is 10.8 Å². The minimum atomic E-state index is -0.356. The molecule has 0 saturated carbocycles. The van der Waals surface area contributed by atoms with E-state index in [-0.39, 0.29) is 28.9 Å². The standard InChI is InChI=1S/C21H33NO2/c1-20(2,3)18(24-16-12-8-7-9-13-16)17-14-10-11-15-22(17)19(23)21(4,5)6/h7-9,12-13,17-18H,10-11,14-15H2,1-6H3. The van der Waals surface area contributed by atoms with E-state index in [1.165, 1.54) is 0 Å². The topological polar surface area (TPSA) is 29.5 Å². The molecule has 0 spiro atoms. The highest BCUT2D eigenvalue weighted by Gasteiger charge is 2.42. The predicted molar refractivity (Wildman–Crippen MR) is 99.1 cm³/mol. The van der Waals surface area contributed by atoms with Gasteiger partial charge < -0.3 is 9.64 Å². The van der Waals surface area contributed by atoms with Gasteiger partial charge in [0.1, 0.15) is 11.9 Å². The Hall–Kier alpha value is -1.51. The van der Waals surface area contributed by atoms with E-state index in [0.717, 1.165) is 31.6 Å². The fourth-order valence-electron chi connectivity index (χ4n) is 3.43. The maximum Gasteiger partial charge on any atom is 0.228 e. The Morgan fingerprint density at radius 2 is 1.71 bits per heavy atom. The summed E-state index contributed by atoms with van der Waals surface area (Å²) in [4.78, 5) is 15.1. The molecule has 1 aliphatic rings. The van der Waals surface area contributed by atoms with E-state index >= 15 is 0 Å². The second kappa shape index (κ2) is 7.16. The number of rotatable bonds is 3. The number of carbonyl (C=O) groups excluding carboxylic acids is 1. The van der Waals surface area contributed by atoms with Gasteiger partial charge in [-0.2, -0.15) is 0 Å². The maximum atomic E-state index is 13.0. The molecule has 0 radical (unpaired) electrons. The summed E-state index contributed by atoms with van der Waals surface area (Å²) in [7, 11) is 0. The number of benzene rings is 1. The zero-order chi connectivity index (χ0) is 18.0. The number of hydrogen-bond acceptors (Lipinski definition) is 2. The molecule has 24 heavy (non-hydrogen) atoms. The van der Waals surface area contributed by atoms with Crippen LogP contribution < -0.4 is 4.74 Å². The molecule has 0 bridgehead atoms. The number of likely N-dealkylation sites (tertiary alicyclic amines) is 1. The third-order valence-electron chi connectivity index (χ3n) is 4.66. The summed E-state index contributed by atoms with van der Waals surface area (Å²) in [5.74, 6) is 1.12. The summed E-state index contributed by atoms with van der Waals surface area (Å²) in [5.41, 5.74) is -0.404. The van der Waals surface area contributed by atoms with E-state index < -0.39 is 0 Å².